The minimum Gasteiger partial charge on any atom is -0.395 e. The first-order chi connectivity index (χ1) is 7.61. The van der Waals surface area contributed by atoms with E-state index in [1.807, 2.05) is 6.07 Å². The molecule has 0 saturated heterocycles. The maximum Gasteiger partial charge on any atom is 0.189 e. The van der Waals surface area contributed by atoms with Crippen LogP contribution in [0.1, 0.15) is 6.92 Å². The molecular weight excluding hydrogens is 246 g/mol. The smallest absolute Gasteiger partial charge is 0.189 e. The molecule has 0 aromatic carbocycles. The van der Waals surface area contributed by atoms with E-state index in [4.69, 9.17) is 10.8 Å². The lowest BCUT2D eigenvalue weighted by Crippen LogP contribution is -2.35. The molecule has 0 aliphatic heterocycles. The summed E-state index contributed by atoms with van der Waals surface area (Å²) in [5.41, 5.74) is 5.66. The Labute approximate surface area is 101 Å². The Morgan fingerprint density at radius 2 is 2.31 bits per heavy atom. The summed E-state index contributed by atoms with van der Waals surface area (Å²) in [4.78, 5) is 6.92. The zero-order valence-electron chi connectivity index (χ0n) is 8.75. The molecule has 0 fully saturated rings. The van der Waals surface area contributed by atoms with Gasteiger partial charge in [-0.3, -0.25) is 0 Å². The second kappa shape index (κ2) is 4.54. The Balaban J connectivity index is 2.33. The molecule has 5 nitrogen and oxygen atoms in total. The predicted octanol–water partition coefficient (Wildman–Crippen LogP) is 1.08. The number of hydrogen-bond acceptors (Lipinski definition) is 7. The highest BCUT2D eigenvalue weighted by Crippen LogP contribution is 2.35. The Kier molecular flexibility index (Phi) is 3.29. The molecule has 4 N–H and O–H groups in total. The third kappa shape index (κ3) is 2.12. The number of aromatic nitrogens is 1. The van der Waals surface area contributed by atoms with Crippen molar-refractivity contribution in [2.24, 2.45) is 0 Å². The lowest BCUT2D eigenvalue weighted by molar-refractivity contribution is 0.177. The lowest BCUT2D eigenvalue weighted by atomic mass is 10.5. The molecule has 1 atom stereocenters. The van der Waals surface area contributed by atoms with Crippen LogP contribution in [0.2, 0.25) is 0 Å². The number of aliphatic hydroxyl groups excluding tert-OH is 2. The van der Waals surface area contributed by atoms with E-state index < -0.39 is 6.23 Å². The molecule has 7 heteroatoms. The van der Waals surface area contributed by atoms with E-state index in [0.717, 1.165) is 14.5 Å². The van der Waals surface area contributed by atoms with Gasteiger partial charge in [0.2, 0.25) is 0 Å². The van der Waals surface area contributed by atoms with Gasteiger partial charge in [0, 0.05) is 6.54 Å². The van der Waals surface area contributed by atoms with Crippen molar-refractivity contribution in [2.45, 2.75) is 13.2 Å². The highest BCUT2D eigenvalue weighted by molar-refractivity contribution is 7.30. The van der Waals surface area contributed by atoms with Gasteiger partial charge in [0.25, 0.3) is 0 Å². The maximum atomic E-state index is 9.57. The molecule has 2 rings (SSSR count). The number of fused-ring (bicyclic) bond motifs is 1. The first kappa shape index (κ1) is 11.6. The number of aliphatic hydroxyl groups is 2. The largest absolute Gasteiger partial charge is 0.395 e. The van der Waals surface area contributed by atoms with E-state index in [1.165, 1.54) is 22.7 Å². The van der Waals surface area contributed by atoms with Gasteiger partial charge in [0.05, 0.1) is 16.3 Å². The van der Waals surface area contributed by atoms with E-state index in [1.54, 1.807) is 11.8 Å². The number of nitrogens with zero attached hydrogens (tertiary/aromatic N) is 2. The van der Waals surface area contributed by atoms with Crippen LogP contribution >= 0.6 is 22.7 Å². The van der Waals surface area contributed by atoms with E-state index >= 15 is 0 Å². The van der Waals surface area contributed by atoms with Crippen molar-refractivity contribution < 1.29 is 10.2 Å². The van der Waals surface area contributed by atoms with Crippen LogP contribution in [0.3, 0.4) is 0 Å². The molecule has 0 aliphatic carbocycles. The van der Waals surface area contributed by atoms with Crippen LogP contribution in [-0.2, 0) is 0 Å². The van der Waals surface area contributed by atoms with Gasteiger partial charge in [-0.05, 0) is 13.0 Å². The van der Waals surface area contributed by atoms with Crippen molar-refractivity contribution in [2.75, 3.05) is 23.8 Å². The Morgan fingerprint density at radius 3 is 2.88 bits per heavy atom. The van der Waals surface area contributed by atoms with Crippen molar-refractivity contribution in [1.82, 2.24) is 4.98 Å². The predicted molar refractivity (Wildman–Crippen MR) is 68.0 cm³/mol. The van der Waals surface area contributed by atoms with Crippen LogP contribution in [0, 0.1) is 0 Å². The summed E-state index contributed by atoms with van der Waals surface area (Å²) in [6.45, 7) is 2.01. The lowest BCUT2D eigenvalue weighted by Gasteiger charge is -2.23. The number of anilines is 2. The minimum atomic E-state index is -0.662. The third-order valence-corrected chi connectivity index (χ3v) is 4.16. The Bertz CT molecular complexity index is 449. The van der Waals surface area contributed by atoms with Crippen LogP contribution in [0.15, 0.2) is 6.07 Å². The molecule has 0 aliphatic rings. The molecule has 2 aromatic rings. The third-order valence-electron chi connectivity index (χ3n) is 2.13. The summed E-state index contributed by atoms with van der Waals surface area (Å²) in [6, 6.07) is 1.88. The second-order valence-electron chi connectivity index (χ2n) is 3.36. The van der Waals surface area contributed by atoms with E-state index in [0.29, 0.717) is 11.7 Å². The number of thiophene rings is 1. The van der Waals surface area contributed by atoms with E-state index in [2.05, 4.69) is 4.98 Å². The Hall–Kier alpha value is -0.890. The number of rotatable bonds is 4. The van der Waals surface area contributed by atoms with Gasteiger partial charge in [-0.2, -0.15) is 0 Å². The molecule has 88 valence electrons. The summed E-state index contributed by atoms with van der Waals surface area (Å²) < 4.78 is 1.01. The van der Waals surface area contributed by atoms with Crippen LogP contribution < -0.4 is 10.6 Å². The molecule has 2 heterocycles. The highest BCUT2D eigenvalue weighted by atomic mass is 32.1. The summed E-state index contributed by atoms with van der Waals surface area (Å²) >= 11 is 2.90. The van der Waals surface area contributed by atoms with Crippen molar-refractivity contribution in [3.8, 4) is 0 Å². The average Bonchev–Trinajstić information content (AvgIpc) is 2.70. The van der Waals surface area contributed by atoms with E-state index in [-0.39, 0.29) is 6.61 Å². The van der Waals surface area contributed by atoms with Gasteiger partial charge in [-0.15, -0.1) is 0 Å². The van der Waals surface area contributed by atoms with Gasteiger partial charge in [0.15, 0.2) is 5.13 Å². The van der Waals surface area contributed by atoms with E-state index in [9.17, 15) is 5.11 Å². The first-order valence-electron chi connectivity index (χ1n) is 4.83. The molecule has 0 saturated carbocycles. The fraction of sp³-hybridized carbons (Fsp3) is 0.444. The molecule has 1 unspecified atom stereocenters. The summed E-state index contributed by atoms with van der Waals surface area (Å²) in [6.07, 6.45) is -0.662. The van der Waals surface area contributed by atoms with Gasteiger partial charge in [-0.1, -0.05) is 22.7 Å². The fourth-order valence-corrected chi connectivity index (χ4v) is 3.50. The van der Waals surface area contributed by atoms with Crippen LogP contribution in [-0.4, -0.2) is 34.6 Å². The van der Waals surface area contributed by atoms with Gasteiger partial charge >= 0.3 is 0 Å². The second-order valence-corrected chi connectivity index (χ2v) is 5.43. The SMILES string of the molecule is CC(O)N(CCO)c1nc2sc(N)cc2s1. The maximum absolute atomic E-state index is 9.57. The standard InChI is InChI=1S/C9H13N3O2S2/c1-5(14)12(2-3-13)9-11-8-6(15-9)4-7(10)16-8/h4-5,13-14H,2-3,10H2,1H3. The van der Waals surface area contributed by atoms with Gasteiger partial charge in [0.1, 0.15) is 11.1 Å². The van der Waals surface area contributed by atoms with Gasteiger partial charge < -0.3 is 20.8 Å². The molecule has 0 bridgehead atoms. The first-order valence-corrected chi connectivity index (χ1v) is 6.46. The number of hydrogen-bond donors (Lipinski definition) is 3. The average molecular weight is 259 g/mol. The molecule has 2 aromatic heterocycles. The quantitative estimate of drug-likeness (QED) is 0.716. The summed E-state index contributed by atoms with van der Waals surface area (Å²) in [5, 5.41) is 20.0. The van der Waals surface area contributed by atoms with Crippen molar-refractivity contribution in [1.29, 1.82) is 0 Å². The minimum absolute atomic E-state index is 0.0136. The van der Waals surface area contributed by atoms with Crippen LogP contribution in [0.25, 0.3) is 9.53 Å². The molecular formula is C9H13N3O2S2. The topological polar surface area (TPSA) is 82.6 Å². The molecule has 16 heavy (non-hydrogen) atoms. The summed E-state index contributed by atoms with van der Waals surface area (Å²) in [7, 11) is 0. The van der Waals surface area contributed by atoms with Crippen molar-refractivity contribution >= 4 is 42.3 Å². The normalized spacial score (nSPS) is 13.2. The Morgan fingerprint density at radius 1 is 1.56 bits per heavy atom. The van der Waals surface area contributed by atoms with Crippen molar-refractivity contribution in [3.05, 3.63) is 6.07 Å². The summed E-state index contributed by atoms with van der Waals surface area (Å²) in [5.74, 6) is 0. The van der Waals surface area contributed by atoms with Crippen molar-refractivity contribution in [3.63, 3.8) is 0 Å². The number of thiazole rings is 1. The molecule has 0 amide bonds. The molecule has 0 spiro atoms. The van der Waals surface area contributed by atoms with Crippen LogP contribution in [0.5, 0.6) is 0 Å². The van der Waals surface area contributed by atoms with Crippen LogP contribution in [0.4, 0.5) is 10.1 Å². The number of nitrogens with two attached hydrogens (primary N) is 1. The highest BCUT2D eigenvalue weighted by Gasteiger charge is 2.16. The monoisotopic (exact) mass is 259 g/mol. The fourth-order valence-electron chi connectivity index (χ4n) is 1.41. The molecule has 0 radical (unpaired) electrons. The zero-order valence-corrected chi connectivity index (χ0v) is 10.4. The van der Waals surface area contributed by atoms with Gasteiger partial charge in [-0.25, -0.2) is 4.98 Å². The zero-order chi connectivity index (χ0) is 11.7. The number of nitrogen functional groups attached to an aromatic ring is 1.